The van der Waals surface area contributed by atoms with E-state index in [1.54, 1.807) is 0 Å². The van der Waals surface area contributed by atoms with Gasteiger partial charge in [-0.15, -0.1) is 0 Å². The van der Waals surface area contributed by atoms with Gasteiger partial charge in [-0.1, -0.05) is 0 Å². The Morgan fingerprint density at radius 1 is 1.44 bits per heavy atom. The van der Waals surface area contributed by atoms with Crippen LogP contribution < -0.4 is 11.1 Å². The second-order valence-electron chi connectivity index (χ2n) is 4.57. The molecule has 0 unspecified atom stereocenters. The average molecular weight is 253 g/mol. The van der Waals surface area contributed by atoms with Gasteiger partial charge in [-0.05, 0) is 44.0 Å². The predicted octanol–water partition coefficient (Wildman–Crippen LogP) is 1.73. The molecule has 0 spiro atoms. The molecule has 1 aromatic rings. The Morgan fingerprint density at radius 3 is 2.72 bits per heavy atom. The fourth-order valence-corrected chi connectivity index (χ4v) is 2.42. The Labute approximate surface area is 104 Å². The van der Waals surface area contributed by atoms with Crippen molar-refractivity contribution in [1.82, 2.24) is 5.32 Å². The number of nitro benzene ring substituents is 1. The summed E-state index contributed by atoms with van der Waals surface area (Å²) in [7, 11) is 0. The minimum Gasteiger partial charge on any atom is -0.323 e. The van der Waals surface area contributed by atoms with E-state index in [0.717, 1.165) is 32.0 Å². The molecule has 1 aliphatic heterocycles. The molecule has 6 heteroatoms. The van der Waals surface area contributed by atoms with E-state index < -0.39 is 16.8 Å². The molecule has 2 rings (SSSR count). The van der Waals surface area contributed by atoms with Crippen LogP contribution in [-0.4, -0.2) is 18.0 Å². The molecule has 5 nitrogen and oxygen atoms in total. The zero-order valence-electron chi connectivity index (χ0n) is 9.93. The fourth-order valence-electron chi connectivity index (χ4n) is 2.42. The number of piperidine rings is 1. The number of rotatable bonds is 3. The lowest BCUT2D eigenvalue weighted by Crippen LogP contribution is -2.34. The highest BCUT2D eigenvalue weighted by Crippen LogP contribution is 2.32. The van der Waals surface area contributed by atoms with Crippen molar-refractivity contribution in [3.63, 3.8) is 0 Å². The standard InChI is InChI=1S/C12H16FN3O2/c13-9-1-2-11(16(17)18)10(7-9)12(14)8-3-5-15-6-4-8/h1-2,7-8,12,15H,3-6,14H2/t12-/m1/s1. The number of halogens is 1. The Bertz CT molecular complexity index is 447. The summed E-state index contributed by atoms with van der Waals surface area (Å²) in [5.41, 5.74) is 6.28. The Balaban J connectivity index is 2.30. The highest BCUT2D eigenvalue weighted by molar-refractivity contribution is 5.42. The van der Waals surface area contributed by atoms with Crippen LogP contribution in [0.4, 0.5) is 10.1 Å². The molecule has 18 heavy (non-hydrogen) atoms. The van der Waals surface area contributed by atoms with Gasteiger partial charge in [-0.2, -0.15) is 0 Å². The molecule has 98 valence electrons. The molecule has 3 N–H and O–H groups in total. The van der Waals surface area contributed by atoms with Gasteiger partial charge < -0.3 is 11.1 Å². The molecule has 0 aromatic heterocycles. The van der Waals surface area contributed by atoms with Gasteiger partial charge in [-0.25, -0.2) is 4.39 Å². The van der Waals surface area contributed by atoms with Crippen LogP contribution in [0.5, 0.6) is 0 Å². The third kappa shape index (κ3) is 2.65. The summed E-state index contributed by atoms with van der Waals surface area (Å²) in [4.78, 5) is 10.4. The minimum absolute atomic E-state index is 0.0950. The first-order valence-electron chi connectivity index (χ1n) is 5.99. The Kier molecular flexibility index (Phi) is 3.88. The van der Waals surface area contributed by atoms with Gasteiger partial charge in [-0.3, -0.25) is 10.1 Å². The molecule has 1 fully saturated rings. The maximum absolute atomic E-state index is 13.2. The molecule has 0 radical (unpaired) electrons. The lowest BCUT2D eigenvalue weighted by Gasteiger charge is -2.28. The van der Waals surface area contributed by atoms with E-state index in [9.17, 15) is 14.5 Å². The van der Waals surface area contributed by atoms with Gasteiger partial charge in [0, 0.05) is 17.7 Å². The summed E-state index contributed by atoms with van der Waals surface area (Å²) in [5.74, 6) is -0.327. The molecule has 0 amide bonds. The van der Waals surface area contributed by atoms with Crippen molar-refractivity contribution in [2.45, 2.75) is 18.9 Å². The minimum atomic E-state index is -0.504. The van der Waals surface area contributed by atoms with Crippen molar-refractivity contribution in [1.29, 1.82) is 0 Å². The lowest BCUT2D eigenvalue weighted by atomic mass is 9.86. The van der Waals surface area contributed by atoms with Crippen molar-refractivity contribution >= 4 is 5.69 Å². The van der Waals surface area contributed by atoms with E-state index in [1.807, 2.05) is 0 Å². The third-order valence-electron chi connectivity index (χ3n) is 3.44. The topological polar surface area (TPSA) is 81.2 Å². The number of nitrogens with one attached hydrogen (secondary N) is 1. The van der Waals surface area contributed by atoms with E-state index in [-0.39, 0.29) is 11.6 Å². The number of benzene rings is 1. The first-order valence-corrected chi connectivity index (χ1v) is 5.99. The van der Waals surface area contributed by atoms with Crippen molar-refractivity contribution in [3.05, 3.63) is 39.7 Å². The molecule has 0 aliphatic carbocycles. The van der Waals surface area contributed by atoms with Gasteiger partial charge in [0.2, 0.25) is 0 Å². The van der Waals surface area contributed by atoms with Crippen LogP contribution in [0.2, 0.25) is 0 Å². The lowest BCUT2D eigenvalue weighted by molar-refractivity contribution is -0.385. The van der Waals surface area contributed by atoms with Crippen LogP contribution in [0.25, 0.3) is 0 Å². The zero-order chi connectivity index (χ0) is 13.1. The summed E-state index contributed by atoms with van der Waals surface area (Å²) in [6.07, 6.45) is 1.71. The predicted molar refractivity (Wildman–Crippen MR) is 65.6 cm³/mol. The summed E-state index contributed by atoms with van der Waals surface area (Å²) in [6.45, 7) is 1.70. The van der Waals surface area contributed by atoms with Gasteiger partial charge in [0.05, 0.1) is 4.92 Å². The first kappa shape index (κ1) is 12.9. The molecule has 1 aromatic carbocycles. The van der Waals surface area contributed by atoms with E-state index in [4.69, 9.17) is 5.73 Å². The molecule has 0 bridgehead atoms. The maximum atomic E-state index is 13.2. The number of nitrogens with zero attached hydrogens (tertiary/aromatic N) is 1. The normalized spacial score (nSPS) is 18.6. The van der Waals surface area contributed by atoms with Crippen LogP contribution >= 0.6 is 0 Å². The number of hydrogen-bond donors (Lipinski definition) is 2. The largest absolute Gasteiger partial charge is 0.323 e. The molecule has 1 aliphatic rings. The van der Waals surface area contributed by atoms with Crippen molar-refractivity contribution in [2.24, 2.45) is 11.7 Å². The molecular weight excluding hydrogens is 237 g/mol. The monoisotopic (exact) mass is 253 g/mol. The van der Waals surface area contributed by atoms with E-state index in [0.29, 0.717) is 5.56 Å². The summed E-state index contributed by atoms with van der Waals surface area (Å²) >= 11 is 0. The van der Waals surface area contributed by atoms with Gasteiger partial charge in [0.1, 0.15) is 5.82 Å². The highest BCUT2D eigenvalue weighted by Gasteiger charge is 2.27. The van der Waals surface area contributed by atoms with Crippen LogP contribution in [0.1, 0.15) is 24.4 Å². The van der Waals surface area contributed by atoms with Crippen molar-refractivity contribution in [2.75, 3.05) is 13.1 Å². The quantitative estimate of drug-likeness (QED) is 0.635. The van der Waals surface area contributed by atoms with E-state index in [2.05, 4.69) is 5.32 Å². The fraction of sp³-hybridized carbons (Fsp3) is 0.500. The molecule has 1 heterocycles. The average Bonchev–Trinajstić information content (AvgIpc) is 2.38. The Morgan fingerprint density at radius 2 is 2.11 bits per heavy atom. The van der Waals surface area contributed by atoms with Crippen molar-refractivity contribution in [3.8, 4) is 0 Å². The van der Waals surface area contributed by atoms with Crippen LogP contribution in [-0.2, 0) is 0 Å². The van der Waals surface area contributed by atoms with Gasteiger partial charge in [0.15, 0.2) is 0 Å². The Hall–Kier alpha value is -1.53. The summed E-state index contributed by atoms with van der Waals surface area (Å²) in [6, 6.07) is 2.98. The van der Waals surface area contributed by atoms with E-state index >= 15 is 0 Å². The molecule has 0 saturated carbocycles. The maximum Gasteiger partial charge on any atom is 0.274 e. The highest BCUT2D eigenvalue weighted by atomic mass is 19.1. The molecule has 1 atom stereocenters. The SMILES string of the molecule is N[C@@H](c1cc(F)ccc1[N+](=O)[O-])C1CCNCC1. The summed E-state index contributed by atoms with van der Waals surface area (Å²) in [5, 5.41) is 14.1. The van der Waals surface area contributed by atoms with Crippen LogP contribution in [0.3, 0.4) is 0 Å². The number of nitrogens with two attached hydrogens (primary N) is 1. The first-order chi connectivity index (χ1) is 8.59. The number of hydrogen-bond acceptors (Lipinski definition) is 4. The molecular formula is C12H16FN3O2. The smallest absolute Gasteiger partial charge is 0.274 e. The van der Waals surface area contributed by atoms with Crippen LogP contribution in [0.15, 0.2) is 18.2 Å². The van der Waals surface area contributed by atoms with Crippen LogP contribution in [0, 0.1) is 21.8 Å². The van der Waals surface area contributed by atoms with Gasteiger partial charge >= 0.3 is 0 Å². The van der Waals surface area contributed by atoms with Gasteiger partial charge in [0.25, 0.3) is 5.69 Å². The molecule has 1 saturated heterocycles. The zero-order valence-corrected chi connectivity index (χ0v) is 9.93. The summed E-state index contributed by atoms with van der Waals surface area (Å²) < 4.78 is 13.2. The third-order valence-corrected chi connectivity index (χ3v) is 3.44. The van der Waals surface area contributed by atoms with Crippen molar-refractivity contribution < 1.29 is 9.31 Å². The number of nitro groups is 1. The van der Waals surface area contributed by atoms with E-state index in [1.165, 1.54) is 12.1 Å². The second-order valence-corrected chi connectivity index (χ2v) is 4.57. The second kappa shape index (κ2) is 5.41.